The van der Waals surface area contributed by atoms with Gasteiger partial charge < -0.3 is 10.0 Å². The average Bonchev–Trinajstić information content (AvgIpc) is 1.88. The van der Waals surface area contributed by atoms with E-state index in [0.29, 0.717) is 4.32 Å². The minimum Gasteiger partial charge on any atom is -0.393 e. The molecule has 10 heavy (non-hydrogen) atoms. The van der Waals surface area contributed by atoms with Crippen molar-refractivity contribution in [1.82, 2.24) is 4.90 Å². The molecule has 4 heteroatoms. The minimum atomic E-state index is -0.126. The third-order valence-electron chi connectivity index (χ3n) is 1.74. The van der Waals surface area contributed by atoms with Crippen LogP contribution in [0.5, 0.6) is 0 Å². The predicted octanol–water partition coefficient (Wildman–Crippen LogP) is 0.658. The molecule has 1 N–H and O–H groups in total. The number of aliphatic hydroxyl groups is 1. The summed E-state index contributed by atoms with van der Waals surface area (Å²) in [6, 6.07) is 0. The van der Waals surface area contributed by atoms with Crippen LogP contribution in [0.4, 0.5) is 0 Å². The van der Waals surface area contributed by atoms with E-state index in [1.54, 1.807) is 0 Å². The Labute approximate surface area is 71.6 Å². The molecule has 0 radical (unpaired) electrons. The molecule has 1 saturated heterocycles. The summed E-state index contributed by atoms with van der Waals surface area (Å²) in [5.74, 6) is 0. The Morgan fingerprint density at radius 2 is 2.00 bits per heavy atom. The summed E-state index contributed by atoms with van der Waals surface area (Å²) < 4.78 is 0.645. The van der Waals surface area contributed by atoms with Crippen LogP contribution in [0.3, 0.4) is 0 Å². The van der Waals surface area contributed by atoms with Crippen LogP contribution < -0.4 is 0 Å². The number of aliphatic hydroxyl groups excluding tert-OH is 1. The van der Waals surface area contributed by atoms with Gasteiger partial charge in [-0.05, 0) is 12.8 Å². The number of likely N-dealkylation sites (tertiary alicyclic amines) is 1. The second kappa shape index (κ2) is 3.55. The van der Waals surface area contributed by atoms with Crippen molar-refractivity contribution in [2.24, 2.45) is 0 Å². The zero-order valence-corrected chi connectivity index (χ0v) is 7.37. The van der Waals surface area contributed by atoms with Gasteiger partial charge in [-0.15, -0.1) is 12.6 Å². The molecule has 0 spiro atoms. The second-order valence-corrected chi connectivity index (χ2v) is 3.61. The lowest BCUT2D eigenvalue weighted by molar-refractivity contribution is 0.111. The van der Waals surface area contributed by atoms with Gasteiger partial charge in [-0.25, -0.2) is 0 Å². The van der Waals surface area contributed by atoms with Crippen LogP contribution in [0, 0.1) is 0 Å². The normalized spacial score (nSPS) is 21.2. The van der Waals surface area contributed by atoms with Crippen molar-refractivity contribution in [3.05, 3.63) is 0 Å². The number of hydrogen-bond acceptors (Lipinski definition) is 2. The van der Waals surface area contributed by atoms with Gasteiger partial charge in [-0.1, -0.05) is 12.2 Å². The van der Waals surface area contributed by atoms with Gasteiger partial charge in [0, 0.05) is 13.1 Å². The van der Waals surface area contributed by atoms with Crippen molar-refractivity contribution in [2.75, 3.05) is 13.1 Å². The fourth-order valence-corrected chi connectivity index (χ4v) is 1.44. The molecule has 1 fully saturated rings. The molecule has 0 unspecified atom stereocenters. The van der Waals surface area contributed by atoms with Crippen LogP contribution in [-0.2, 0) is 0 Å². The smallest absolute Gasteiger partial charge is 0.133 e. The molecule has 0 atom stereocenters. The Morgan fingerprint density at radius 1 is 1.50 bits per heavy atom. The van der Waals surface area contributed by atoms with Crippen molar-refractivity contribution in [1.29, 1.82) is 0 Å². The molecule has 1 heterocycles. The Morgan fingerprint density at radius 3 is 2.40 bits per heavy atom. The summed E-state index contributed by atoms with van der Waals surface area (Å²) in [6.45, 7) is 1.70. The number of nitrogens with zero attached hydrogens (tertiary/aromatic N) is 1. The standard InChI is InChI=1S/C6H11NOS2/c8-5-1-3-7(4-2-5)6(9)10/h5,8H,1-4H2,(H,9,10). The zero-order valence-electron chi connectivity index (χ0n) is 5.66. The molecule has 0 amide bonds. The van der Waals surface area contributed by atoms with Crippen molar-refractivity contribution >= 4 is 29.2 Å². The summed E-state index contributed by atoms with van der Waals surface area (Å²) in [7, 11) is 0. The molecule has 0 aromatic heterocycles. The van der Waals surface area contributed by atoms with Crippen LogP contribution >= 0.6 is 24.8 Å². The highest BCUT2D eigenvalue weighted by Gasteiger charge is 2.16. The van der Waals surface area contributed by atoms with Crippen LogP contribution in [0.2, 0.25) is 0 Å². The Hall–Kier alpha value is 0.200. The third-order valence-corrected chi connectivity index (χ3v) is 2.28. The Kier molecular flexibility index (Phi) is 2.95. The molecular formula is C6H11NOS2. The maximum Gasteiger partial charge on any atom is 0.133 e. The topological polar surface area (TPSA) is 23.5 Å². The van der Waals surface area contributed by atoms with Gasteiger partial charge in [0.05, 0.1) is 6.10 Å². The Balaban J connectivity index is 2.33. The largest absolute Gasteiger partial charge is 0.393 e. The van der Waals surface area contributed by atoms with E-state index >= 15 is 0 Å². The molecule has 0 saturated carbocycles. The zero-order chi connectivity index (χ0) is 7.56. The van der Waals surface area contributed by atoms with E-state index in [2.05, 4.69) is 12.6 Å². The number of hydrogen-bond donors (Lipinski definition) is 2. The van der Waals surface area contributed by atoms with Crippen molar-refractivity contribution in [3.63, 3.8) is 0 Å². The first-order chi connectivity index (χ1) is 4.70. The van der Waals surface area contributed by atoms with Crippen molar-refractivity contribution < 1.29 is 5.11 Å². The van der Waals surface area contributed by atoms with Gasteiger partial charge in [-0.2, -0.15) is 0 Å². The third kappa shape index (κ3) is 2.11. The monoisotopic (exact) mass is 177 g/mol. The molecule has 2 nitrogen and oxygen atoms in total. The number of rotatable bonds is 0. The first-order valence-electron chi connectivity index (χ1n) is 3.36. The minimum absolute atomic E-state index is 0.126. The first-order valence-corrected chi connectivity index (χ1v) is 4.21. The van der Waals surface area contributed by atoms with Crippen LogP contribution in [0.1, 0.15) is 12.8 Å². The van der Waals surface area contributed by atoms with E-state index in [9.17, 15) is 0 Å². The number of thiol groups is 1. The van der Waals surface area contributed by atoms with Crippen LogP contribution in [0.15, 0.2) is 0 Å². The van der Waals surface area contributed by atoms with Gasteiger partial charge in [0.1, 0.15) is 4.32 Å². The van der Waals surface area contributed by atoms with Gasteiger partial charge >= 0.3 is 0 Å². The van der Waals surface area contributed by atoms with E-state index < -0.39 is 0 Å². The lowest BCUT2D eigenvalue weighted by atomic mass is 10.1. The predicted molar refractivity (Wildman–Crippen MR) is 48.4 cm³/mol. The first kappa shape index (κ1) is 8.30. The summed E-state index contributed by atoms with van der Waals surface area (Å²) in [4.78, 5) is 2.01. The van der Waals surface area contributed by atoms with E-state index in [1.807, 2.05) is 4.90 Å². The molecular weight excluding hydrogens is 166 g/mol. The molecule has 0 aromatic carbocycles. The highest BCUT2D eigenvalue weighted by atomic mass is 32.1. The van der Waals surface area contributed by atoms with E-state index in [0.717, 1.165) is 25.9 Å². The highest BCUT2D eigenvalue weighted by Crippen LogP contribution is 2.11. The summed E-state index contributed by atoms with van der Waals surface area (Å²) >= 11 is 8.91. The fourth-order valence-electron chi connectivity index (χ4n) is 1.06. The van der Waals surface area contributed by atoms with Gasteiger partial charge in [0.15, 0.2) is 0 Å². The quantitative estimate of drug-likeness (QED) is 0.420. The van der Waals surface area contributed by atoms with Gasteiger partial charge in [-0.3, -0.25) is 0 Å². The van der Waals surface area contributed by atoms with Crippen molar-refractivity contribution in [2.45, 2.75) is 18.9 Å². The number of piperidine rings is 1. The maximum absolute atomic E-state index is 9.11. The molecule has 0 aromatic rings. The van der Waals surface area contributed by atoms with E-state index in [1.165, 1.54) is 0 Å². The number of thiocarbonyl (C=S) groups is 1. The lowest BCUT2D eigenvalue weighted by Gasteiger charge is -2.29. The molecule has 1 aliphatic rings. The van der Waals surface area contributed by atoms with E-state index in [-0.39, 0.29) is 6.10 Å². The SMILES string of the molecule is OC1CCN(C(=S)S)CC1. The van der Waals surface area contributed by atoms with Crippen molar-refractivity contribution in [3.8, 4) is 0 Å². The summed E-state index contributed by atoms with van der Waals surface area (Å²) in [5.41, 5.74) is 0. The molecule has 0 bridgehead atoms. The van der Waals surface area contributed by atoms with E-state index in [4.69, 9.17) is 17.3 Å². The lowest BCUT2D eigenvalue weighted by Crippen LogP contribution is -2.37. The molecule has 58 valence electrons. The average molecular weight is 177 g/mol. The summed E-state index contributed by atoms with van der Waals surface area (Å²) in [5, 5.41) is 9.11. The van der Waals surface area contributed by atoms with Gasteiger partial charge in [0.25, 0.3) is 0 Å². The fraction of sp³-hybridized carbons (Fsp3) is 0.833. The summed E-state index contributed by atoms with van der Waals surface area (Å²) in [6.07, 6.45) is 1.51. The maximum atomic E-state index is 9.11. The highest BCUT2D eigenvalue weighted by molar-refractivity contribution is 8.10. The molecule has 1 rings (SSSR count). The van der Waals surface area contributed by atoms with Gasteiger partial charge in [0.2, 0.25) is 0 Å². The second-order valence-electron chi connectivity index (χ2n) is 2.50. The molecule has 0 aliphatic carbocycles. The molecule has 1 aliphatic heterocycles. The van der Waals surface area contributed by atoms with Crippen LogP contribution in [-0.4, -0.2) is 33.5 Å². The Bertz CT molecular complexity index is 132. The van der Waals surface area contributed by atoms with Crippen LogP contribution in [0.25, 0.3) is 0 Å².